The van der Waals surface area contributed by atoms with Gasteiger partial charge in [0.15, 0.2) is 11.6 Å². The topological polar surface area (TPSA) is 9.23 Å². The molecule has 0 spiro atoms. The van der Waals surface area contributed by atoms with E-state index < -0.39 is 0 Å². The average Bonchev–Trinajstić information content (AvgIpc) is 2.37. The monoisotopic (exact) mass is 306 g/mol. The summed E-state index contributed by atoms with van der Waals surface area (Å²) >= 11 is 3.41. The van der Waals surface area contributed by atoms with Gasteiger partial charge in [-0.2, -0.15) is 0 Å². The van der Waals surface area contributed by atoms with E-state index in [1.807, 2.05) is 24.3 Å². The third-order valence-electron chi connectivity index (χ3n) is 2.67. The fraction of sp³-hybridized carbons (Fsp3) is 0.0667. The van der Waals surface area contributed by atoms with Gasteiger partial charge < -0.3 is 4.74 Å². The molecule has 2 aromatic rings. The van der Waals surface area contributed by atoms with E-state index in [1.165, 1.54) is 13.2 Å². The van der Waals surface area contributed by atoms with Gasteiger partial charge in [-0.05, 0) is 41.0 Å². The summed E-state index contributed by atoms with van der Waals surface area (Å²) in [5.74, 6) is -0.146. The van der Waals surface area contributed by atoms with E-state index in [-0.39, 0.29) is 11.6 Å². The van der Waals surface area contributed by atoms with Crippen LogP contribution in [0, 0.1) is 5.82 Å². The summed E-state index contributed by atoms with van der Waals surface area (Å²) in [5.41, 5.74) is 2.47. The van der Waals surface area contributed by atoms with Crippen molar-refractivity contribution in [3.8, 4) is 5.75 Å². The van der Waals surface area contributed by atoms with E-state index in [0.29, 0.717) is 0 Å². The molecule has 0 N–H and O–H groups in total. The number of halogens is 2. The first-order valence-electron chi connectivity index (χ1n) is 5.40. The number of rotatable bonds is 3. The van der Waals surface area contributed by atoms with Crippen molar-refractivity contribution >= 4 is 21.5 Å². The second-order valence-corrected chi connectivity index (χ2v) is 4.75. The normalized spacial score (nSPS) is 10.2. The molecule has 0 aliphatic rings. The van der Waals surface area contributed by atoms with Gasteiger partial charge in [-0.15, -0.1) is 0 Å². The van der Waals surface area contributed by atoms with Crippen LogP contribution < -0.4 is 4.74 Å². The highest BCUT2D eigenvalue weighted by atomic mass is 79.9. The molecule has 18 heavy (non-hydrogen) atoms. The van der Waals surface area contributed by atoms with E-state index in [0.717, 1.165) is 21.2 Å². The maximum absolute atomic E-state index is 13.6. The van der Waals surface area contributed by atoms with Gasteiger partial charge in [-0.25, -0.2) is 4.39 Å². The lowest BCUT2D eigenvalue weighted by molar-refractivity contribution is 0.386. The van der Waals surface area contributed by atoms with Crippen molar-refractivity contribution in [2.45, 2.75) is 0 Å². The van der Waals surface area contributed by atoms with Gasteiger partial charge >= 0.3 is 0 Å². The number of methoxy groups -OCH3 is 1. The number of ether oxygens (including phenoxy) is 1. The van der Waals surface area contributed by atoms with Crippen LogP contribution >= 0.6 is 15.9 Å². The molecule has 0 saturated heterocycles. The average molecular weight is 307 g/mol. The van der Waals surface area contributed by atoms with Crippen LogP contribution in [0.1, 0.15) is 11.1 Å². The third kappa shape index (κ3) is 2.62. The van der Waals surface area contributed by atoms with Crippen molar-refractivity contribution in [2.75, 3.05) is 7.11 Å². The van der Waals surface area contributed by atoms with Gasteiger partial charge in [0, 0.05) is 4.47 Å². The highest BCUT2D eigenvalue weighted by Gasteiger charge is 2.07. The van der Waals surface area contributed by atoms with E-state index in [4.69, 9.17) is 4.74 Å². The summed E-state index contributed by atoms with van der Waals surface area (Å²) < 4.78 is 19.5. The summed E-state index contributed by atoms with van der Waals surface area (Å²) in [4.78, 5) is 0. The van der Waals surface area contributed by atoms with Crippen LogP contribution in [-0.4, -0.2) is 7.11 Å². The van der Waals surface area contributed by atoms with Gasteiger partial charge in [0.2, 0.25) is 0 Å². The Labute approximate surface area is 114 Å². The lowest BCUT2D eigenvalue weighted by atomic mass is 9.99. The molecule has 0 unspecified atom stereocenters. The summed E-state index contributed by atoms with van der Waals surface area (Å²) in [6, 6.07) is 12.6. The Hall–Kier alpha value is -1.61. The van der Waals surface area contributed by atoms with Crippen LogP contribution in [0.3, 0.4) is 0 Å². The molecule has 2 aromatic carbocycles. The SMILES string of the molecule is C=C(c1cccc(Br)c1)c1ccc(OC)c(F)c1. The summed E-state index contributed by atoms with van der Waals surface area (Å²) in [5, 5.41) is 0. The largest absolute Gasteiger partial charge is 0.494 e. The molecular weight excluding hydrogens is 295 g/mol. The molecule has 0 bridgehead atoms. The smallest absolute Gasteiger partial charge is 0.165 e. The Balaban J connectivity index is 2.37. The first-order valence-corrected chi connectivity index (χ1v) is 6.20. The maximum Gasteiger partial charge on any atom is 0.165 e. The molecule has 0 saturated carbocycles. The Morgan fingerprint density at radius 1 is 1.17 bits per heavy atom. The van der Waals surface area contributed by atoms with Crippen molar-refractivity contribution in [1.82, 2.24) is 0 Å². The molecule has 0 radical (unpaired) electrons. The van der Waals surface area contributed by atoms with Crippen molar-refractivity contribution in [2.24, 2.45) is 0 Å². The van der Waals surface area contributed by atoms with E-state index in [2.05, 4.69) is 22.5 Å². The molecule has 0 aliphatic carbocycles. The zero-order chi connectivity index (χ0) is 13.1. The van der Waals surface area contributed by atoms with Gasteiger partial charge in [0.25, 0.3) is 0 Å². The summed E-state index contributed by atoms with van der Waals surface area (Å²) in [7, 11) is 1.45. The number of hydrogen-bond acceptors (Lipinski definition) is 1. The van der Waals surface area contributed by atoms with Gasteiger partial charge in [0.1, 0.15) is 0 Å². The lowest BCUT2D eigenvalue weighted by Crippen LogP contribution is -1.91. The zero-order valence-electron chi connectivity index (χ0n) is 9.91. The van der Waals surface area contributed by atoms with Crippen molar-refractivity contribution in [1.29, 1.82) is 0 Å². The van der Waals surface area contributed by atoms with Crippen LogP contribution in [0.15, 0.2) is 53.5 Å². The molecule has 3 heteroatoms. The zero-order valence-corrected chi connectivity index (χ0v) is 11.5. The molecule has 0 atom stereocenters. The van der Waals surface area contributed by atoms with Crippen LogP contribution in [-0.2, 0) is 0 Å². The molecular formula is C15H12BrFO. The van der Waals surface area contributed by atoms with Crippen molar-refractivity contribution < 1.29 is 9.13 Å². The molecule has 0 amide bonds. The van der Waals surface area contributed by atoms with Gasteiger partial charge in [0.05, 0.1) is 7.11 Å². The minimum absolute atomic E-state index is 0.237. The Bertz CT molecular complexity index is 593. The van der Waals surface area contributed by atoms with Crippen LogP contribution in [0.2, 0.25) is 0 Å². The fourth-order valence-electron chi connectivity index (χ4n) is 1.70. The number of benzene rings is 2. The van der Waals surface area contributed by atoms with Crippen LogP contribution in [0.5, 0.6) is 5.75 Å². The minimum Gasteiger partial charge on any atom is -0.494 e. The molecule has 0 heterocycles. The highest BCUT2D eigenvalue weighted by Crippen LogP contribution is 2.27. The van der Waals surface area contributed by atoms with Crippen LogP contribution in [0.4, 0.5) is 4.39 Å². The van der Waals surface area contributed by atoms with E-state index in [9.17, 15) is 4.39 Å². The van der Waals surface area contributed by atoms with Gasteiger partial charge in [-0.1, -0.05) is 40.7 Å². The van der Waals surface area contributed by atoms with Gasteiger partial charge in [-0.3, -0.25) is 0 Å². The molecule has 0 aromatic heterocycles. The summed E-state index contributed by atoms with van der Waals surface area (Å²) in [6.07, 6.45) is 0. The Morgan fingerprint density at radius 2 is 1.89 bits per heavy atom. The van der Waals surface area contributed by atoms with Crippen molar-refractivity contribution in [3.05, 3.63) is 70.5 Å². The van der Waals surface area contributed by atoms with E-state index in [1.54, 1.807) is 12.1 Å². The molecule has 2 rings (SSSR count). The second-order valence-electron chi connectivity index (χ2n) is 3.84. The van der Waals surface area contributed by atoms with Crippen LogP contribution in [0.25, 0.3) is 5.57 Å². The second kappa shape index (κ2) is 5.36. The third-order valence-corrected chi connectivity index (χ3v) is 3.17. The molecule has 92 valence electrons. The molecule has 0 fully saturated rings. The standard InChI is InChI=1S/C15H12BrFO/c1-10(11-4-3-5-13(16)8-11)12-6-7-15(18-2)14(17)9-12/h3-9H,1H2,2H3. The van der Waals surface area contributed by atoms with E-state index >= 15 is 0 Å². The fourth-order valence-corrected chi connectivity index (χ4v) is 2.10. The first-order chi connectivity index (χ1) is 8.61. The number of hydrogen-bond donors (Lipinski definition) is 0. The quantitative estimate of drug-likeness (QED) is 0.801. The Kier molecular flexibility index (Phi) is 3.82. The molecule has 0 aliphatic heterocycles. The highest BCUT2D eigenvalue weighted by molar-refractivity contribution is 9.10. The Morgan fingerprint density at radius 3 is 2.50 bits per heavy atom. The maximum atomic E-state index is 13.6. The molecule has 1 nitrogen and oxygen atoms in total. The predicted octanol–water partition coefficient (Wildman–Crippen LogP) is 4.66. The van der Waals surface area contributed by atoms with Crippen molar-refractivity contribution in [3.63, 3.8) is 0 Å². The summed E-state index contributed by atoms with van der Waals surface area (Å²) in [6.45, 7) is 4.00. The lowest BCUT2D eigenvalue weighted by Gasteiger charge is -2.09. The first kappa shape index (κ1) is 12.8. The predicted molar refractivity (Wildman–Crippen MR) is 75.2 cm³/mol. The minimum atomic E-state index is -0.383.